The number of hydrogen-bond acceptors (Lipinski definition) is 9. The number of amides is 1. The molecule has 3 heterocycles. The molecule has 0 bridgehead atoms. The third kappa shape index (κ3) is 5.16. The number of rotatable bonds is 8. The number of Topliss-reactive ketones (excluding diaryl/α,β-unsaturated/α-hetero) is 1. The molecule has 1 fully saturated rings. The summed E-state index contributed by atoms with van der Waals surface area (Å²) in [6.07, 6.45) is 0.819. The first kappa shape index (κ1) is 28.5. The molecule has 0 saturated carbocycles. The minimum atomic E-state index is -0.977. The van der Waals surface area contributed by atoms with Crippen molar-refractivity contribution >= 4 is 44.1 Å². The van der Waals surface area contributed by atoms with Crippen LogP contribution in [0.2, 0.25) is 0 Å². The molecule has 6 rings (SSSR count). The number of fused-ring (bicyclic) bond motifs is 2. The van der Waals surface area contributed by atoms with E-state index in [1.54, 1.807) is 36.4 Å². The molecule has 10 heteroatoms. The molecule has 0 aliphatic carbocycles. The van der Waals surface area contributed by atoms with E-state index in [-0.39, 0.29) is 11.3 Å². The highest BCUT2D eigenvalue weighted by atomic mass is 32.1. The second-order valence-corrected chi connectivity index (χ2v) is 11.4. The number of carbonyl (C=O) groups excluding carboxylic acids is 2. The fourth-order valence-corrected chi connectivity index (χ4v) is 6.62. The Labute approximate surface area is 253 Å². The maximum atomic E-state index is 13.8. The maximum absolute atomic E-state index is 13.8. The summed E-state index contributed by atoms with van der Waals surface area (Å²) in [7, 11) is 0. The summed E-state index contributed by atoms with van der Waals surface area (Å²) in [6, 6.07) is 13.3. The van der Waals surface area contributed by atoms with E-state index < -0.39 is 17.7 Å². The molecule has 1 amide bonds. The standard InChI is InChI=1S/C33H32N2O7S/c1-5-11-40-22-9-7-20(16-24(22)39-6-2)29-27(30(36)21-8-10-23-25(17-21)42-13-12-41-23)31(37)32(38)35(29)33-34-28-19(4)14-18(3)15-26(28)43-33/h7-10,14-17,29,36H,5-6,11-13H2,1-4H3/b30-27-. The van der Waals surface area contributed by atoms with Gasteiger partial charge in [0.2, 0.25) is 0 Å². The summed E-state index contributed by atoms with van der Waals surface area (Å²) < 4.78 is 24.0. The molecular formula is C33H32N2O7S. The van der Waals surface area contributed by atoms with Gasteiger partial charge in [-0.15, -0.1) is 0 Å². The smallest absolute Gasteiger partial charge is 0.301 e. The van der Waals surface area contributed by atoms with Crippen LogP contribution in [0.15, 0.2) is 54.1 Å². The molecular weight excluding hydrogens is 568 g/mol. The molecule has 2 aliphatic rings. The van der Waals surface area contributed by atoms with Crippen LogP contribution in [0.1, 0.15) is 48.6 Å². The number of thiazole rings is 1. The first-order valence-corrected chi connectivity index (χ1v) is 15.1. The summed E-state index contributed by atoms with van der Waals surface area (Å²) in [5.41, 5.74) is 3.64. The Kier molecular flexibility index (Phi) is 7.70. The highest BCUT2D eigenvalue weighted by Gasteiger charge is 2.48. The predicted molar refractivity (Wildman–Crippen MR) is 165 cm³/mol. The van der Waals surface area contributed by atoms with E-state index in [1.165, 1.54) is 16.2 Å². The monoisotopic (exact) mass is 600 g/mol. The van der Waals surface area contributed by atoms with Crippen molar-refractivity contribution in [2.24, 2.45) is 0 Å². The second-order valence-electron chi connectivity index (χ2n) is 10.4. The van der Waals surface area contributed by atoms with Gasteiger partial charge in [-0.05, 0) is 80.3 Å². The lowest BCUT2D eigenvalue weighted by atomic mass is 9.95. The van der Waals surface area contributed by atoms with Gasteiger partial charge in [-0.3, -0.25) is 14.5 Å². The van der Waals surface area contributed by atoms with E-state index in [9.17, 15) is 14.7 Å². The van der Waals surface area contributed by atoms with Gasteiger partial charge in [-0.1, -0.05) is 30.4 Å². The topological polar surface area (TPSA) is 107 Å². The zero-order valence-electron chi connectivity index (χ0n) is 24.4. The lowest BCUT2D eigenvalue weighted by molar-refractivity contribution is -0.132. The van der Waals surface area contributed by atoms with Crippen LogP contribution in [0.25, 0.3) is 16.0 Å². The second kappa shape index (κ2) is 11.6. The summed E-state index contributed by atoms with van der Waals surface area (Å²) in [5, 5.41) is 12.0. The van der Waals surface area contributed by atoms with Crippen molar-refractivity contribution in [2.75, 3.05) is 31.3 Å². The van der Waals surface area contributed by atoms with E-state index in [4.69, 9.17) is 23.9 Å². The molecule has 1 unspecified atom stereocenters. The van der Waals surface area contributed by atoms with Crippen LogP contribution in [0, 0.1) is 13.8 Å². The molecule has 2 aliphatic heterocycles. The highest BCUT2D eigenvalue weighted by Crippen LogP contribution is 2.47. The normalized spacial score (nSPS) is 17.5. The van der Waals surface area contributed by atoms with Gasteiger partial charge in [0.15, 0.2) is 28.1 Å². The highest BCUT2D eigenvalue weighted by molar-refractivity contribution is 7.22. The van der Waals surface area contributed by atoms with E-state index in [0.717, 1.165) is 27.8 Å². The van der Waals surface area contributed by atoms with Crippen LogP contribution >= 0.6 is 11.3 Å². The van der Waals surface area contributed by atoms with Crippen molar-refractivity contribution in [1.29, 1.82) is 0 Å². The number of nitrogens with zero attached hydrogens (tertiary/aromatic N) is 2. The number of anilines is 1. The average Bonchev–Trinajstić information content (AvgIpc) is 3.54. The van der Waals surface area contributed by atoms with Gasteiger partial charge in [0.05, 0.1) is 35.0 Å². The lowest BCUT2D eigenvalue weighted by Gasteiger charge is -2.24. The minimum Gasteiger partial charge on any atom is -0.507 e. The molecule has 1 aromatic heterocycles. The van der Waals surface area contributed by atoms with Crippen LogP contribution in [-0.4, -0.2) is 48.2 Å². The first-order chi connectivity index (χ1) is 20.8. The number of benzene rings is 3. The zero-order chi connectivity index (χ0) is 30.2. The summed E-state index contributed by atoms with van der Waals surface area (Å²) >= 11 is 1.33. The molecule has 4 aromatic rings. The van der Waals surface area contributed by atoms with Crippen molar-refractivity contribution in [3.8, 4) is 23.0 Å². The van der Waals surface area contributed by atoms with Gasteiger partial charge in [-0.25, -0.2) is 4.98 Å². The molecule has 1 saturated heterocycles. The quantitative estimate of drug-likeness (QED) is 0.139. The molecule has 0 spiro atoms. The molecule has 222 valence electrons. The first-order valence-electron chi connectivity index (χ1n) is 14.3. The summed E-state index contributed by atoms with van der Waals surface area (Å²) in [6.45, 7) is 9.54. The summed E-state index contributed by atoms with van der Waals surface area (Å²) in [4.78, 5) is 33.8. The Balaban J connectivity index is 1.55. The Bertz CT molecular complexity index is 1780. The number of carbonyl (C=O) groups is 2. The van der Waals surface area contributed by atoms with E-state index in [0.29, 0.717) is 65.7 Å². The van der Waals surface area contributed by atoms with Gasteiger partial charge < -0.3 is 24.1 Å². The Morgan fingerprint density at radius 1 is 1.00 bits per heavy atom. The third-order valence-electron chi connectivity index (χ3n) is 7.33. The fourth-order valence-electron chi connectivity index (χ4n) is 5.45. The largest absolute Gasteiger partial charge is 0.507 e. The number of aliphatic hydroxyl groups is 1. The molecule has 1 N–H and O–H groups in total. The molecule has 0 radical (unpaired) electrons. The SMILES string of the molecule is CCCOc1ccc(C2/C(=C(/O)c3ccc4c(c3)OCCO4)C(=O)C(=O)N2c2nc3c(C)cc(C)cc3s2)cc1OCC. The molecule has 3 aromatic carbocycles. The van der Waals surface area contributed by atoms with Gasteiger partial charge in [-0.2, -0.15) is 0 Å². The number of aromatic nitrogens is 1. The van der Waals surface area contributed by atoms with Crippen molar-refractivity contribution in [1.82, 2.24) is 4.98 Å². The number of aryl methyl sites for hydroxylation is 2. The lowest BCUT2D eigenvalue weighted by Crippen LogP contribution is -2.29. The fraction of sp³-hybridized carbons (Fsp3) is 0.303. The van der Waals surface area contributed by atoms with Crippen LogP contribution in [0.3, 0.4) is 0 Å². The Morgan fingerprint density at radius 2 is 1.79 bits per heavy atom. The van der Waals surface area contributed by atoms with E-state index in [2.05, 4.69) is 0 Å². The number of ether oxygens (including phenoxy) is 4. The summed E-state index contributed by atoms with van der Waals surface area (Å²) in [5.74, 6) is 0.130. The third-order valence-corrected chi connectivity index (χ3v) is 8.33. The number of ketones is 1. The number of aliphatic hydroxyl groups excluding tert-OH is 1. The van der Waals surface area contributed by atoms with E-state index in [1.807, 2.05) is 39.8 Å². The van der Waals surface area contributed by atoms with Crippen LogP contribution in [0.5, 0.6) is 23.0 Å². The number of hydrogen-bond donors (Lipinski definition) is 1. The van der Waals surface area contributed by atoms with Gasteiger partial charge in [0, 0.05) is 5.56 Å². The molecule has 1 atom stereocenters. The van der Waals surface area contributed by atoms with Gasteiger partial charge in [0.1, 0.15) is 19.0 Å². The van der Waals surface area contributed by atoms with Crippen LogP contribution < -0.4 is 23.8 Å². The Hall–Kier alpha value is -4.57. The van der Waals surface area contributed by atoms with Crippen molar-refractivity contribution in [3.63, 3.8) is 0 Å². The molecule has 9 nitrogen and oxygen atoms in total. The van der Waals surface area contributed by atoms with Crippen molar-refractivity contribution < 1.29 is 33.6 Å². The van der Waals surface area contributed by atoms with Gasteiger partial charge in [0.25, 0.3) is 5.78 Å². The predicted octanol–water partition coefficient (Wildman–Crippen LogP) is 6.50. The Morgan fingerprint density at radius 3 is 2.56 bits per heavy atom. The zero-order valence-corrected chi connectivity index (χ0v) is 25.2. The van der Waals surface area contributed by atoms with E-state index >= 15 is 0 Å². The van der Waals surface area contributed by atoms with Crippen molar-refractivity contribution in [3.05, 3.63) is 76.4 Å². The molecule has 43 heavy (non-hydrogen) atoms. The van der Waals surface area contributed by atoms with Crippen LogP contribution in [-0.2, 0) is 9.59 Å². The van der Waals surface area contributed by atoms with Crippen LogP contribution in [0.4, 0.5) is 5.13 Å². The maximum Gasteiger partial charge on any atom is 0.301 e. The minimum absolute atomic E-state index is 0.0569. The average molecular weight is 601 g/mol. The van der Waals surface area contributed by atoms with Gasteiger partial charge >= 0.3 is 5.91 Å². The van der Waals surface area contributed by atoms with Crippen molar-refractivity contribution in [2.45, 2.75) is 40.2 Å².